The molecule has 78 valence electrons. The molecule has 3 nitrogen and oxygen atoms in total. The molecule has 0 aliphatic carbocycles. The Bertz CT molecular complexity index is 487. The van der Waals surface area contributed by atoms with Crippen LogP contribution in [0.2, 0.25) is 0 Å². The zero-order valence-electron chi connectivity index (χ0n) is 8.18. The van der Waals surface area contributed by atoms with Gasteiger partial charge in [-0.25, -0.2) is 0 Å². The van der Waals surface area contributed by atoms with Gasteiger partial charge in [-0.3, -0.25) is 5.41 Å². The Balaban J connectivity index is 2.32. The number of hydrogen-bond donors (Lipinski definition) is 2. The van der Waals surface area contributed by atoms with Crippen LogP contribution in [0.25, 0.3) is 0 Å². The average molecular weight is 220 g/mol. The molecule has 0 bridgehead atoms. The molecular formula is C11H12N2OS. The van der Waals surface area contributed by atoms with Crippen molar-refractivity contribution in [2.75, 3.05) is 0 Å². The SMILES string of the molecule is N=c1scc(CO)n1Cc1ccccc1. The summed E-state index contributed by atoms with van der Waals surface area (Å²) in [6, 6.07) is 9.96. The first-order chi connectivity index (χ1) is 7.31. The molecule has 0 aliphatic rings. The Morgan fingerprint density at radius 1 is 1.27 bits per heavy atom. The quantitative estimate of drug-likeness (QED) is 0.810. The van der Waals surface area contributed by atoms with Gasteiger partial charge >= 0.3 is 0 Å². The lowest BCUT2D eigenvalue weighted by Crippen LogP contribution is -2.16. The van der Waals surface area contributed by atoms with E-state index in [1.54, 1.807) is 0 Å². The molecule has 15 heavy (non-hydrogen) atoms. The fourth-order valence-corrected chi connectivity index (χ4v) is 2.20. The molecule has 1 aromatic carbocycles. The molecule has 0 fully saturated rings. The highest BCUT2D eigenvalue weighted by atomic mass is 32.1. The van der Waals surface area contributed by atoms with Gasteiger partial charge in [0.05, 0.1) is 18.8 Å². The first-order valence-corrected chi connectivity index (χ1v) is 5.56. The Labute approximate surface area is 91.8 Å². The molecule has 0 spiro atoms. The van der Waals surface area contributed by atoms with Crippen LogP contribution in [-0.2, 0) is 13.2 Å². The fourth-order valence-electron chi connectivity index (χ4n) is 1.44. The van der Waals surface area contributed by atoms with Gasteiger partial charge in [0, 0.05) is 5.38 Å². The van der Waals surface area contributed by atoms with Crippen LogP contribution in [0, 0.1) is 5.41 Å². The number of nitrogens with zero attached hydrogens (tertiary/aromatic N) is 1. The smallest absolute Gasteiger partial charge is 0.182 e. The number of aromatic nitrogens is 1. The third-order valence-electron chi connectivity index (χ3n) is 2.24. The number of rotatable bonds is 3. The maximum absolute atomic E-state index is 9.11. The first kappa shape index (κ1) is 10.1. The monoisotopic (exact) mass is 220 g/mol. The van der Waals surface area contributed by atoms with Crippen molar-refractivity contribution in [1.29, 1.82) is 5.41 Å². The molecule has 0 amide bonds. The van der Waals surface area contributed by atoms with E-state index in [0.29, 0.717) is 11.3 Å². The lowest BCUT2D eigenvalue weighted by molar-refractivity contribution is 0.271. The average Bonchev–Trinajstić information content (AvgIpc) is 2.62. The molecule has 0 saturated heterocycles. The van der Waals surface area contributed by atoms with Gasteiger partial charge in [0.15, 0.2) is 4.80 Å². The lowest BCUT2D eigenvalue weighted by Gasteiger charge is -2.06. The van der Waals surface area contributed by atoms with E-state index < -0.39 is 0 Å². The molecule has 0 saturated carbocycles. The number of aliphatic hydroxyl groups excluding tert-OH is 1. The summed E-state index contributed by atoms with van der Waals surface area (Å²) in [5.41, 5.74) is 1.94. The summed E-state index contributed by atoms with van der Waals surface area (Å²) in [7, 11) is 0. The standard InChI is InChI=1S/C11H12N2OS/c12-11-13(10(7-14)8-15-11)6-9-4-2-1-3-5-9/h1-5,8,12,14H,6-7H2. The second-order valence-electron chi connectivity index (χ2n) is 3.26. The van der Waals surface area contributed by atoms with E-state index >= 15 is 0 Å². The molecule has 2 aromatic rings. The Kier molecular flexibility index (Phi) is 2.99. The van der Waals surface area contributed by atoms with Crippen molar-refractivity contribution in [3.05, 3.63) is 51.8 Å². The van der Waals surface area contributed by atoms with Crippen LogP contribution < -0.4 is 4.80 Å². The molecule has 0 aliphatic heterocycles. The molecule has 0 unspecified atom stereocenters. The summed E-state index contributed by atoms with van der Waals surface area (Å²) < 4.78 is 1.82. The minimum Gasteiger partial charge on any atom is -0.390 e. The topological polar surface area (TPSA) is 49.0 Å². The number of hydrogen-bond acceptors (Lipinski definition) is 3. The molecule has 2 N–H and O–H groups in total. The minimum atomic E-state index is -0.0117. The molecule has 2 rings (SSSR count). The summed E-state index contributed by atoms with van der Waals surface area (Å²) in [5.74, 6) is 0. The molecular weight excluding hydrogens is 208 g/mol. The molecule has 1 aromatic heterocycles. The van der Waals surface area contributed by atoms with Crippen molar-refractivity contribution in [2.24, 2.45) is 0 Å². The van der Waals surface area contributed by atoms with Gasteiger partial charge in [-0.05, 0) is 5.56 Å². The van der Waals surface area contributed by atoms with Crippen LogP contribution >= 0.6 is 11.3 Å². The van der Waals surface area contributed by atoms with Crippen LogP contribution in [-0.4, -0.2) is 9.67 Å². The highest BCUT2D eigenvalue weighted by Gasteiger charge is 2.03. The molecule has 4 heteroatoms. The summed E-state index contributed by atoms with van der Waals surface area (Å²) in [5, 5.41) is 18.7. The Hall–Kier alpha value is -1.39. The van der Waals surface area contributed by atoms with Crippen LogP contribution in [0.3, 0.4) is 0 Å². The van der Waals surface area contributed by atoms with Crippen LogP contribution in [0.1, 0.15) is 11.3 Å². The number of thiazole rings is 1. The fraction of sp³-hybridized carbons (Fsp3) is 0.182. The van der Waals surface area contributed by atoms with E-state index in [1.807, 2.05) is 40.3 Å². The summed E-state index contributed by atoms with van der Waals surface area (Å²) >= 11 is 1.34. The predicted octanol–water partition coefficient (Wildman–Crippen LogP) is 1.57. The number of benzene rings is 1. The Morgan fingerprint density at radius 2 is 2.00 bits per heavy atom. The number of nitrogens with one attached hydrogen (secondary N) is 1. The zero-order chi connectivity index (χ0) is 10.7. The number of aliphatic hydroxyl groups is 1. The maximum atomic E-state index is 9.11. The Morgan fingerprint density at radius 3 is 2.67 bits per heavy atom. The third kappa shape index (κ3) is 2.16. The second-order valence-corrected chi connectivity index (χ2v) is 4.12. The van der Waals surface area contributed by atoms with E-state index in [9.17, 15) is 0 Å². The van der Waals surface area contributed by atoms with Crippen molar-refractivity contribution in [2.45, 2.75) is 13.2 Å². The molecule has 0 atom stereocenters. The summed E-state index contributed by atoms with van der Waals surface area (Å²) in [6.07, 6.45) is 0. The van der Waals surface area contributed by atoms with Gasteiger partial charge in [-0.15, -0.1) is 11.3 Å². The second kappa shape index (κ2) is 4.42. The minimum absolute atomic E-state index is 0.0117. The predicted molar refractivity (Wildman–Crippen MR) is 59.6 cm³/mol. The third-order valence-corrected chi connectivity index (χ3v) is 3.08. The highest BCUT2D eigenvalue weighted by Crippen LogP contribution is 2.06. The molecule has 0 radical (unpaired) electrons. The first-order valence-electron chi connectivity index (χ1n) is 4.68. The van der Waals surface area contributed by atoms with Gasteiger partial charge < -0.3 is 9.67 Å². The zero-order valence-corrected chi connectivity index (χ0v) is 9.00. The van der Waals surface area contributed by atoms with Gasteiger partial charge in [0.2, 0.25) is 0 Å². The van der Waals surface area contributed by atoms with Crippen molar-refractivity contribution in [3.8, 4) is 0 Å². The van der Waals surface area contributed by atoms with Crippen LogP contribution in [0.15, 0.2) is 35.7 Å². The summed E-state index contributed by atoms with van der Waals surface area (Å²) in [4.78, 5) is 0.475. The van der Waals surface area contributed by atoms with Gasteiger partial charge in [0.25, 0.3) is 0 Å². The van der Waals surface area contributed by atoms with E-state index in [2.05, 4.69) is 0 Å². The van der Waals surface area contributed by atoms with Crippen LogP contribution in [0.5, 0.6) is 0 Å². The molecule has 1 heterocycles. The van der Waals surface area contributed by atoms with Crippen LogP contribution in [0.4, 0.5) is 0 Å². The van der Waals surface area contributed by atoms with Gasteiger partial charge in [-0.1, -0.05) is 30.3 Å². The van der Waals surface area contributed by atoms with E-state index in [4.69, 9.17) is 10.5 Å². The van der Waals surface area contributed by atoms with Crippen molar-refractivity contribution < 1.29 is 5.11 Å². The lowest BCUT2D eigenvalue weighted by atomic mass is 10.2. The van der Waals surface area contributed by atoms with Gasteiger partial charge in [-0.2, -0.15) is 0 Å². The normalized spacial score (nSPS) is 10.5. The highest BCUT2D eigenvalue weighted by molar-refractivity contribution is 7.07. The van der Waals surface area contributed by atoms with Crippen molar-refractivity contribution in [1.82, 2.24) is 4.57 Å². The van der Waals surface area contributed by atoms with E-state index in [0.717, 1.165) is 11.3 Å². The summed E-state index contributed by atoms with van der Waals surface area (Å²) in [6.45, 7) is 0.640. The van der Waals surface area contributed by atoms with Gasteiger partial charge in [0.1, 0.15) is 0 Å². The van der Waals surface area contributed by atoms with E-state index in [1.165, 1.54) is 11.3 Å². The maximum Gasteiger partial charge on any atom is 0.182 e. The van der Waals surface area contributed by atoms with Crippen molar-refractivity contribution >= 4 is 11.3 Å². The van der Waals surface area contributed by atoms with E-state index in [-0.39, 0.29) is 6.61 Å². The largest absolute Gasteiger partial charge is 0.390 e. The van der Waals surface area contributed by atoms with Crippen molar-refractivity contribution in [3.63, 3.8) is 0 Å².